The van der Waals surface area contributed by atoms with Crippen molar-refractivity contribution in [3.8, 4) is 6.07 Å². The van der Waals surface area contributed by atoms with Crippen molar-refractivity contribution in [1.29, 1.82) is 5.26 Å². The fourth-order valence-corrected chi connectivity index (χ4v) is 1.62. The summed E-state index contributed by atoms with van der Waals surface area (Å²) >= 11 is 0. The lowest BCUT2D eigenvalue weighted by Crippen LogP contribution is -2.25. The van der Waals surface area contributed by atoms with Gasteiger partial charge in [0.2, 0.25) is 0 Å². The summed E-state index contributed by atoms with van der Waals surface area (Å²) in [6, 6.07) is 2.29. The minimum Gasteiger partial charge on any atom is -0.304 e. The van der Waals surface area contributed by atoms with Crippen LogP contribution in [0, 0.1) is 11.3 Å². The van der Waals surface area contributed by atoms with Gasteiger partial charge in [-0.3, -0.25) is 9.97 Å². The van der Waals surface area contributed by atoms with Crippen molar-refractivity contribution >= 4 is 0 Å². The molecule has 0 spiro atoms. The van der Waals surface area contributed by atoms with Crippen molar-refractivity contribution in [3.05, 3.63) is 24.3 Å². The van der Waals surface area contributed by atoms with E-state index in [-0.39, 0.29) is 5.92 Å². The van der Waals surface area contributed by atoms with Gasteiger partial charge in [-0.15, -0.1) is 0 Å². The lowest BCUT2D eigenvalue weighted by Gasteiger charge is -2.19. The van der Waals surface area contributed by atoms with E-state index in [0.717, 1.165) is 31.7 Å². The van der Waals surface area contributed by atoms with Gasteiger partial charge in [0.05, 0.1) is 17.7 Å². The van der Waals surface area contributed by atoms with Crippen molar-refractivity contribution < 1.29 is 0 Å². The van der Waals surface area contributed by atoms with Gasteiger partial charge in [-0.05, 0) is 26.1 Å². The smallest absolute Gasteiger partial charge is 0.0912 e. The molecule has 1 aromatic heterocycles. The van der Waals surface area contributed by atoms with Crippen LogP contribution in [0.15, 0.2) is 18.6 Å². The fourth-order valence-electron chi connectivity index (χ4n) is 1.62. The molecule has 1 aromatic rings. The van der Waals surface area contributed by atoms with Crippen LogP contribution < -0.4 is 0 Å². The Morgan fingerprint density at radius 1 is 1.38 bits per heavy atom. The lowest BCUT2D eigenvalue weighted by atomic mass is 10.0. The van der Waals surface area contributed by atoms with Gasteiger partial charge in [0.25, 0.3) is 0 Å². The van der Waals surface area contributed by atoms with Crippen molar-refractivity contribution in [1.82, 2.24) is 14.9 Å². The third kappa shape index (κ3) is 3.59. The number of rotatable bonds is 6. The summed E-state index contributed by atoms with van der Waals surface area (Å²) in [5.41, 5.74) is 0.775. The largest absolute Gasteiger partial charge is 0.304 e. The highest BCUT2D eigenvalue weighted by Crippen LogP contribution is 2.15. The molecule has 0 saturated carbocycles. The Kier molecular flexibility index (Phi) is 5.44. The van der Waals surface area contributed by atoms with E-state index in [4.69, 9.17) is 5.26 Å². The minimum atomic E-state index is -0.144. The van der Waals surface area contributed by atoms with E-state index in [1.165, 1.54) is 0 Å². The van der Waals surface area contributed by atoms with Gasteiger partial charge in [-0.1, -0.05) is 13.8 Å². The van der Waals surface area contributed by atoms with Crippen LogP contribution in [0.2, 0.25) is 0 Å². The molecule has 0 aliphatic heterocycles. The predicted octanol–water partition coefficient (Wildman–Crippen LogP) is 1.82. The maximum Gasteiger partial charge on any atom is 0.0912 e. The van der Waals surface area contributed by atoms with E-state index in [1.807, 2.05) is 0 Å². The van der Waals surface area contributed by atoms with Crippen molar-refractivity contribution in [2.75, 3.05) is 19.6 Å². The summed E-state index contributed by atoms with van der Waals surface area (Å²) < 4.78 is 0. The van der Waals surface area contributed by atoms with Crippen LogP contribution in [-0.4, -0.2) is 34.5 Å². The first kappa shape index (κ1) is 12.6. The first-order valence-electron chi connectivity index (χ1n) is 5.69. The molecule has 0 bridgehead atoms. The van der Waals surface area contributed by atoms with Gasteiger partial charge < -0.3 is 4.90 Å². The predicted molar refractivity (Wildman–Crippen MR) is 62.8 cm³/mol. The molecule has 1 heterocycles. The second-order valence-electron chi connectivity index (χ2n) is 3.63. The topological polar surface area (TPSA) is 52.8 Å². The highest BCUT2D eigenvalue weighted by molar-refractivity contribution is 5.12. The molecule has 0 N–H and O–H groups in total. The average molecular weight is 218 g/mol. The Morgan fingerprint density at radius 3 is 2.62 bits per heavy atom. The standard InChI is InChI=1S/C12H18N4/c1-3-16(4-2)8-5-11(9-13)12-10-14-6-7-15-12/h6-7,10-11H,3-5,8H2,1-2H3. The Labute approximate surface area is 96.9 Å². The highest BCUT2D eigenvalue weighted by atomic mass is 15.1. The summed E-state index contributed by atoms with van der Waals surface area (Å²) in [5, 5.41) is 9.10. The molecule has 4 nitrogen and oxygen atoms in total. The van der Waals surface area contributed by atoms with Crippen LogP contribution in [0.25, 0.3) is 0 Å². The summed E-state index contributed by atoms with van der Waals surface area (Å²) in [6.07, 6.45) is 5.76. The molecular weight excluding hydrogens is 200 g/mol. The van der Waals surface area contributed by atoms with E-state index in [9.17, 15) is 0 Å². The summed E-state index contributed by atoms with van der Waals surface area (Å²) in [5.74, 6) is -0.144. The van der Waals surface area contributed by atoms with Gasteiger partial charge in [0.15, 0.2) is 0 Å². The maximum absolute atomic E-state index is 9.10. The van der Waals surface area contributed by atoms with Gasteiger partial charge in [-0.25, -0.2) is 0 Å². The van der Waals surface area contributed by atoms with Gasteiger partial charge in [0.1, 0.15) is 0 Å². The molecule has 0 aromatic carbocycles. The fraction of sp³-hybridized carbons (Fsp3) is 0.583. The van der Waals surface area contributed by atoms with E-state index in [2.05, 4.69) is 34.8 Å². The van der Waals surface area contributed by atoms with Crippen molar-refractivity contribution in [3.63, 3.8) is 0 Å². The van der Waals surface area contributed by atoms with E-state index in [0.29, 0.717) is 0 Å². The summed E-state index contributed by atoms with van der Waals surface area (Å²) in [6.45, 7) is 7.24. The molecule has 1 unspecified atom stereocenters. The number of hydrogen-bond acceptors (Lipinski definition) is 4. The number of nitriles is 1. The number of aromatic nitrogens is 2. The first-order valence-corrected chi connectivity index (χ1v) is 5.69. The zero-order chi connectivity index (χ0) is 11.8. The Hall–Kier alpha value is -1.47. The second-order valence-corrected chi connectivity index (χ2v) is 3.63. The molecule has 16 heavy (non-hydrogen) atoms. The third-order valence-corrected chi connectivity index (χ3v) is 2.72. The average Bonchev–Trinajstić information content (AvgIpc) is 2.36. The van der Waals surface area contributed by atoms with Crippen LogP contribution >= 0.6 is 0 Å². The van der Waals surface area contributed by atoms with Gasteiger partial charge >= 0.3 is 0 Å². The van der Waals surface area contributed by atoms with Crippen LogP contribution in [0.1, 0.15) is 31.9 Å². The van der Waals surface area contributed by atoms with Crippen LogP contribution in [0.5, 0.6) is 0 Å². The Morgan fingerprint density at radius 2 is 2.12 bits per heavy atom. The van der Waals surface area contributed by atoms with Gasteiger partial charge in [-0.2, -0.15) is 5.26 Å². The third-order valence-electron chi connectivity index (χ3n) is 2.72. The normalized spacial score (nSPS) is 12.4. The lowest BCUT2D eigenvalue weighted by molar-refractivity contribution is 0.295. The number of hydrogen-bond donors (Lipinski definition) is 0. The molecule has 4 heteroatoms. The molecule has 0 fully saturated rings. The molecule has 0 radical (unpaired) electrons. The van der Waals surface area contributed by atoms with E-state index >= 15 is 0 Å². The van der Waals surface area contributed by atoms with Crippen LogP contribution in [0.3, 0.4) is 0 Å². The number of nitrogens with zero attached hydrogens (tertiary/aromatic N) is 4. The summed E-state index contributed by atoms with van der Waals surface area (Å²) in [4.78, 5) is 10.5. The zero-order valence-corrected chi connectivity index (χ0v) is 9.93. The van der Waals surface area contributed by atoms with Crippen molar-refractivity contribution in [2.45, 2.75) is 26.2 Å². The molecule has 0 amide bonds. The van der Waals surface area contributed by atoms with Crippen LogP contribution in [-0.2, 0) is 0 Å². The molecule has 0 aliphatic carbocycles. The molecule has 1 atom stereocenters. The van der Waals surface area contributed by atoms with E-state index < -0.39 is 0 Å². The quantitative estimate of drug-likeness (QED) is 0.730. The first-order chi connectivity index (χ1) is 7.81. The van der Waals surface area contributed by atoms with E-state index in [1.54, 1.807) is 18.6 Å². The Bertz CT molecular complexity index is 327. The maximum atomic E-state index is 9.10. The highest BCUT2D eigenvalue weighted by Gasteiger charge is 2.13. The molecule has 86 valence electrons. The molecular formula is C12H18N4. The van der Waals surface area contributed by atoms with Crippen molar-refractivity contribution in [2.24, 2.45) is 0 Å². The van der Waals surface area contributed by atoms with Crippen LogP contribution in [0.4, 0.5) is 0 Å². The second kappa shape index (κ2) is 6.91. The zero-order valence-electron chi connectivity index (χ0n) is 9.93. The molecule has 0 aliphatic rings. The Balaban J connectivity index is 2.54. The van der Waals surface area contributed by atoms with Gasteiger partial charge in [0, 0.05) is 18.6 Å². The minimum absolute atomic E-state index is 0.144. The molecule has 1 rings (SSSR count). The SMILES string of the molecule is CCN(CC)CCC(C#N)c1cnccn1. The molecule has 0 saturated heterocycles. The monoisotopic (exact) mass is 218 g/mol. The summed E-state index contributed by atoms with van der Waals surface area (Å²) in [7, 11) is 0.